The third kappa shape index (κ3) is 5.73. The summed E-state index contributed by atoms with van der Waals surface area (Å²) in [6.07, 6.45) is 0. The van der Waals surface area contributed by atoms with Crippen molar-refractivity contribution in [2.75, 3.05) is 39.4 Å². The van der Waals surface area contributed by atoms with E-state index < -0.39 is 5.97 Å². The number of rotatable bonds is 6. The molecule has 31 heavy (non-hydrogen) atoms. The number of aryl methyl sites for hydroxylation is 1. The number of halogens is 1. The van der Waals surface area contributed by atoms with E-state index in [1.54, 1.807) is 54.0 Å². The minimum Gasteiger partial charge on any atom is -0.484 e. The number of aromatic nitrogens is 1. The fourth-order valence-corrected chi connectivity index (χ4v) is 3.32. The molecule has 8 nitrogen and oxygen atoms in total. The van der Waals surface area contributed by atoms with Gasteiger partial charge in [0.1, 0.15) is 11.4 Å². The summed E-state index contributed by atoms with van der Waals surface area (Å²) < 4.78 is 10.5. The third-order valence-electron chi connectivity index (χ3n) is 4.90. The number of amides is 2. The number of hydrogen-bond acceptors (Lipinski definition) is 6. The van der Waals surface area contributed by atoms with Crippen molar-refractivity contribution in [1.82, 2.24) is 14.8 Å². The van der Waals surface area contributed by atoms with Crippen LogP contribution < -0.4 is 4.74 Å². The number of esters is 1. The normalized spacial score (nSPS) is 13.6. The van der Waals surface area contributed by atoms with Crippen molar-refractivity contribution in [3.8, 4) is 5.75 Å². The maximum atomic E-state index is 12.8. The number of ether oxygens (including phenoxy) is 2. The lowest BCUT2D eigenvalue weighted by Gasteiger charge is -2.34. The van der Waals surface area contributed by atoms with E-state index in [-0.39, 0.29) is 30.7 Å². The molecule has 0 radical (unpaired) electrons. The van der Waals surface area contributed by atoms with E-state index in [1.807, 2.05) is 0 Å². The van der Waals surface area contributed by atoms with Crippen LogP contribution in [0, 0.1) is 6.92 Å². The van der Waals surface area contributed by atoms with E-state index in [2.05, 4.69) is 4.98 Å². The van der Waals surface area contributed by atoms with Crippen LogP contribution >= 0.6 is 11.6 Å². The molecule has 0 N–H and O–H groups in total. The molecule has 0 saturated carbocycles. The lowest BCUT2D eigenvalue weighted by Crippen LogP contribution is -2.51. The molecule has 3 rings (SSSR count). The molecule has 9 heteroatoms. The van der Waals surface area contributed by atoms with Crippen molar-refractivity contribution in [1.29, 1.82) is 0 Å². The Morgan fingerprint density at radius 2 is 1.65 bits per heavy atom. The fourth-order valence-electron chi connectivity index (χ4n) is 3.19. The Morgan fingerprint density at radius 1 is 1.00 bits per heavy atom. The van der Waals surface area contributed by atoms with Crippen LogP contribution in [0.1, 0.15) is 33.5 Å². The quantitative estimate of drug-likeness (QED) is 0.635. The van der Waals surface area contributed by atoms with E-state index in [9.17, 15) is 14.4 Å². The number of nitrogens with zero attached hydrogens (tertiary/aromatic N) is 3. The van der Waals surface area contributed by atoms with Crippen LogP contribution in [0.15, 0.2) is 36.4 Å². The Hall–Kier alpha value is -3.13. The van der Waals surface area contributed by atoms with Gasteiger partial charge in [-0.1, -0.05) is 11.6 Å². The second-order valence-electron chi connectivity index (χ2n) is 6.97. The molecule has 2 amide bonds. The zero-order valence-corrected chi connectivity index (χ0v) is 18.2. The number of pyridine rings is 1. The van der Waals surface area contributed by atoms with E-state index in [0.717, 1.165) is 0 Å². The molecule has 2 aromatic rings. The molecule has 1 aliphatic heterocycles. The largest absolute Gasteiger partial charge is 0.484 e. The van der Waals surface area contributed by atoms with Crippen molar-refractivity contribution in [3.05, 3.63) is 58.4 Å². The van der Waals surface area contributed by atoms with E-state index in [1.165, 1.54) is 6.07 Å². The third-order valence-corrected chi connectivity index (χ3v) is 5.15. The van der Waals surface area contributed by atoms with Crippen LogP contribution in [0.3, 0.4) is 0 Å². The van der Waals surface area contributed by atoms with Gasteiger partial charge in [-0.15, -0.1) is 0 Å². The first-order chi connectivity index (χ1) is 14.9. The molecule has 0 atom stereocenters. The fraction of sp³-hybridized carbons (Fsp3) is 0.364. The monoisotopic (exact) mass is 445 g/mol. The van der Waals surface area contributed by atoms with E-state index >= 15 is 0 Å². The minimum atomic E-state index is -0.459. The highest BCUT2D eigenvalue weighted by Crippen LogP contribution is 2.16. The summed E-state index contributed by atoms with van der Waals surface area (Å²) in [5.41, 5.74) is 1.04. The Morgan fingerprint density at radius 3 is 2.26 bits per heavy atom. The van der Waals surface area contributed by atoms with Gasteiger partial charge in [0.15, 0.2) is 6.61 Å². The lowest BCUT2D eigenvalue weighted by molar-refractivity contribution is -0.134. The van der Waals surface area contributed by atoms with Gasteiger partial charge >= 0.3 is 5.97 Å². The van der Waals surface area contributed by atoms with Gasteiger partial charge in [0, 0.05) is 31.2 Å². The Balaban J connectivity index is 1.52. The SMILES string of the molecule is CCOC(=O)c1ccc(C(=O)N2CCN(C(=O)COc3ccc(Cl)cc3)CC2)nc1C. The van der Waals surface area contributed by atoms with Crippen LogP contribution in [-0.4, -0.2) is 72.0 Å². The van der Waals surface area contributed by atoms with Gasteiger partial charge in [-0.3, -0.25) is 9.59 Å². The van der Waals surface area contributed by atoms with Crippen LogP contribution in [0.25, 0.3) is 0 Å². The van der Waals surface area contributed by atoms with E-state index in [0.29, 0.717) is 48.2 Å². The van der Waals surface area contributed by atoms with Gasteiger partial charge in [0.2, 0.25) is 0 Å². The maximum absolute atomic E-state index is 12.8. The number of carbonyl (C=O) groups excluding carboxylic acids is 3. The molecule has 1 saturated heterocycles. The summed E-state index contributed by atoms with van der Waals surface area (Å²) in [6, 6.07) is 9.88. The average Bonchev–Trinajstić information content (AvgIpc) is 2.78. The van der Waals surface area contributed by atoms with Gasteiger partial charge in [0.25, 0.3) is 11.8 Å². The number of hydrogen-bond donors (Lipinski definition) is 0. The number of carbonyl (C=O) groups is 3. The summed E-state index contributed by atoms with van der Waals surface area (Å²) >= 11 is 5.83. The molecule has 0 bridgehead atoms. The summed E-state index contributed by atoms with van der Waals surface area (Å²) in [6.45, 7) is 5.20. The zero-order valence-electron chi connectivity index (χ0n) is 17.5. The van der Waals surface area contributed by atoms with Gasteiger partial charge in [-0.05, 0) is 50.2 Å². The predicted molar refractivity (Wildman–Crippen MR) is 114 cm³/mol. The maximum Gasteiger partial charge on any atom is 0.339 e. The summed E-state index contributed by atoms with van der Waals surface area (Å²) in [4.78, 5) is 44.7. The van der Waals surface area contributed by atoms with Crippen molar-refractivity contribution in [2.45, 2.75) is 13.8 Å². The van der Waals surface area contributed by atoms with Crippen LogP contribution in [0.5, 0.6) is 5.75 Å². The predicted octanol–water partition coefficient (Wildman–Crippen LogP) is 2.58. The highest BCUT2D eigenvalue weighted by atomic mass is 35.5. The lowest BCUT2D eigenvalue weighted by atomic mass is 10.1. The van der Waals surface area contributed by atoms with Crippen molar-refractivity contribution in [3.63, 3.8) is 0 Å². The molecule has 1 aliphatic rings. The van der Waals surface area contributed by atoms with E-state index in [4.69, 9.17) is 21.1 Å². The van der Waals surface area contributed by atoms with Crippen molar-refractivity contribution >= 4 is 29.4 Å². The Labute approximate surface area is 185 Å². The minimum absolute atomic E-state index is 0.0777. The molecule has 0 spiro atoms. The molecule has 0 unspecified atom stereocenters. The van der Waals surface area contributed by atoms with Crippen LogP contribution in [0.4, 0.5) is 0 Å². The van der Waals surface area contributed by atoms with Gasteiger partial charge in [-0.25, -0.2) is 9.78 Å². The average molecular weight is 446 g/mol. The second kappa shape index (κ2) is 10.3. The highest BCUT2D eigenvalue weighted by Gasteiger charge is 2.26. The van der Waals surface area contributed by atoms with Crippen LogP contribution in [-0.2, 0) is 9.53 Å². The zero-order chi connectivity index (χ0) is 22.4. The summed E-state index contributed by atoms with van der Waals surface area (Å²) in [7, 11) is 0. The molecule has 1 fully saturated rings. The topological polar surface area (TPSA) is 89.0 Å². The molecular weight excluding hydrogens is 422 g/mol. The van der Waals surface area contributed by atoms with Crippen LogP contribution in [0.2, 0.25) is 5.02 Å². The number of benzene rings is 1. The van der Waals surface area contributed by atoms with Gasteiger partial charge in [-0.2, -0.15) is 0 Å². The standard InChI is InChI=1S/C22H24ClN3O5/c1-3-30-22(29)18-8-9-19(24-15(18)2)21(28)26-12-10-25(11-13-26)20(27)14-31-17-6-4-16(23)5-7-17/h4-9H,3,10-14H2,1-2H3. The number of piperazine rings is 1. The first-order valence-corrected chi connectivity index (χ1v) is 10.4. The van der Waals surface area contributed by atoms with Gasteiger partial charge < -0.3 is 19.3 Å². The first kappa shape index (κ1) is 22.6. The second-order valence-corrected chi connectivity index (χ2v) is 7.40. The molecule has 1 aromatic heterocycles. The summed E-state index contributed by atoms with van der Waals surface area (Å²) in [5, 5.41) is 0.597. The highest BCUT2D eigenvalue weighted by molar-refractivity contribution is 6.30. The smallest absolute Gasteiger partial charge is 0.339 e. The molecule has 2 heterocycles. The van der Waals surface area contributed by atoms with Crippen molar-refractivity contribution < 1.29 is 23.9 Å². The molecule has 0 aliphatic carbocycles. The first-order valence-electron chi connectivity index (χ1n) is 9.99. The Bertz CT molecular complexity index is 956. The molecule has 164 valence electrons. The van der Waals surface area contributed by atoms with Crippen molar-refractivity contribution in [2.24, 2.45) is 0 Å². The molecule has 1 aromatic carbocycles. The summed E-state index contributed by atoms with van der Waals surface area (Å²) in [5.74, 6) is -0.267. The Kier molecular flexibility index (Phi) is 7.46. The molecular formula is C22H24ClN3O5. The van der Waals surface area contributed by atoms with Gasteiger partial charge in [0.05, 0.1) is 17.9 Å².